The van der Waals surface area contributed by atoms with Crippen molar-refractivity contribution in [2.75, 3.05) is 52.5 Å². The van der Waals surface area contributed by atoms with Crippen LogP contribution in [-0.4, -0.2) is 86.2 Å². The fourth-order valence-corrected chi connectivity index (χ4v) is 6.44. The van der Waals surface area contributed by atoms with Crippen LogP contribution in [-0.2, 0) is 18.8 Å². The number of carbonyl (C=O) groups is 2. The van der Waals surface area contributed by atoms with Gasteiger partial charge in [-0.15, -0.1) is 0 Å². The summed E-state index contributed by atoms with van der Waals surface area (Å²) in [5.74, 6) is 0.0858. The summed E-state index contributed by atoms with van der Waals surface area (Å²) in [6.45, 7) is 5.79. The minimum Gasteiger partial charge on any atom is -0.379 e. The fourth-order valence-electron chi connectivity index (χ4n) is 5.93. The number of hydrogen-bond acceptors (Lipinski definition) is 5. The monoisotopic (exact) mass is 706 g/mol. The largest absolute Gasteiger partial charge is 0.379 e. The zero-order valence-electron chi connectivity index (χ0n) is 25.2. The van der Waals surface area contributed by atoms with Crippen molar-refractivity contribution in [3.05, 3.63) is 113 Å². The fraction of sp³-hybridized carbons (Fsp3) is 0.389. The molecule has 0 radical (unpaired) electrons. The first-order valence-corrected chi connectivity index (χ1v) is 17.2. The molecule has 0 aromatic heterocycles. The lowest BCUT2D eigenvalue weighted by Crippen LogP contribution is -2.50. The van der Waals surface area contributed by atoms with Crippen molar-refractivity contribution in [2.45, 2.75) is 35.3 Å². The topological polar surface area (TPSA) is 73.9 Å². The van der Waals surface area contributed by atoms with Crippen LogP contribution in [0, 0.1) is 0 Å². The molecule has 0 aliphatic carbocycles. The summed E-state index contributed by atoms with van der Waals surface area (Å²) in [6.07, 6.45) is 4.91. The van der Waals surface area contributed by atoms with E-state index in [9.17, 15) is 9.59 Å². The van der Waals surface area contributed by atoms with E-state index in [1.807, 2.05) is 35.2 Å². The summed E-state index contributed by atoms with van der Waals surface area (Å²) in [6, 6.07) is 28.8. The maximum Gasteiger partial charge on any atom is 0.244 e. The van der Waals surface area contributed by atoms with Crippen LogP contribution in [0.2, 0.25) is 0 Å². The van der Waals surface area contributed by atoms with E-state index in [-0.39, 0.29) is 29.8 Å². The van der Waals surface area contributed by atoms with Crippen LogP contribution >= 0.6 is 22.6 Å². The lowest BCUT2D eigenvalue weighted by atomic mass is 9.90. The molecule has 0 saturated carbocycles. The van der Waals surface area contributed by atoms with Crippen molar-refractivity contribution in [2.24, 2.45) is 0 Å². The molecule has 7 nitrogen and oxygen atoms in total. The first-order chi connectivity index (χ1) is 21.6. The minimum atomic E-state index is -0.318. The van der Waals surface area contributed by atoms with Crippen LogP contribution < -0.4 is 10.6 Å². The number of nitrogens with zero attached hydrogens (tertiary/aromatic N) is 2. The number of halogens is 1. The number of ether oxygens (including phenoxy) is 1. The first-order valence-electron chi connectivity index (χ1n) is 15.6. The van der Waals surface area contributed by atoms with Gasteiger partial charge in [-0.25, -0.2) is 0 Å². The third-order valence-corrected chi connectivity index (χ3v) is 9.40. The van der Waals surface area contributed by atoms with Crippen LogP contribution in [0.3, 0.4) is 0 Å². The smallest absolute Gasteiger partial charge is 0.244 e. The summed E-state index contributed by atoms with van der Waals surface area (Å²) in [5.41, 5.74) is 4.66. The summed E-state index contributed by atoms with van der Waals surface area (Å²) in [7, 11) is 0. The Morgan fingerprint density at radius 1 is 0.955 bits per heavy atom. The van der Waals surface area contributed by atoms with Crippen molar-refractivity contribution in [1.82, 2.24) is 20.4 Å². The van der Waals surface area contributed by atoms with Gasteiger partial charge in [-0.05, 0) is 41.2 Å². The van der Waals surface area contributed by atoms with E-state index in [4.69, 9.17) is 4.74 Å². The van der Waals surface area contributed by atoms with Crippen LogP contribution in [0.15, 0.2) is 91.0 Å². The molecule has 2 atom stereocenters. The molecule has 5 rings (SSSR count). The molecule has 2 saturated heterocycles. The van der Waals surface area contributed by atoms with Gasteiger partial charge in [0.05, 0.1) is 19.3 Å². The van der Waals surface area contributed by atoms with Crippen LogP contribution in [0.1, 0.15) is 41.0 Å². The molecule has 0 spiro atoms. The Bertz CT molecular complexity index is 1310. The van der Waals surface area contributed by atoms with Gasteiger partial charge in [0.25, 0.3) is 0 Å². The molecule has 2 fully saturated rings. The maximum absolute atomic E-state index is 14.1. The molecule has 2 aliphatic heterocycles. The molecule has 0 bridgehead atoms. The molecule has 2 heterocycles. The van der Waals surface area contributed by atoms with E-state index in [1.54, 1.807) is 6.08 Å². The highest BCUT2D eigenvalue weighted by atomic mass is 127. The maximum atomic E-state index is 14.1. The van der Waals surface area contributed by atoms with Crippen LogP contribution in [0.25, 0.3) is 6.08 Å². The molecule has 8 heteroatoms. The van der Waals surface area contributed by atoms with E-state index in [0.29, 0.717) is 26.1 Å². The predicted octanol–water partition coefficient (Wildman–Crippen LogP) is 4.86. The highest BCUT2D eigenvalue weighted by Crippen LogP contribution is 2.27. The standard InChI is InChI=1S/C36H43IN4O3/c37-25-29-13-11-28(12-14-29)15-16-35(42)38-26-32-17-20-41(36(43)34(39-32)18-19-40-21-23-44-24-22-40)27-33(30-7-3-1-4-8-30)31-9-5-2-6-10-31/h1-16,32-34,39H,17-27H2,(H,38,42)/b16-15+/t32-,34-/m0/s1. The second-order valence-electron chi connectivity index (χ2n) is 11.6. The lowest BCUT2D eigenvalue weighted by Gasteiger charge is -2.31. The number of nitrogens with one attached hydrogen (secondary N) is 2. The molecule has 3 aromatic carbocycles. The molecular formula is C36H43IN4O3. The van der Waals surface area contributed by atoms with Gasteiger partial charge >= 0.3 is 0 Å². The van der Waals surface area contributed by atoms with Crippen molar-refractivity contribution in [3.63, 3.8) is 0 Å². The Morgan fingerprint density at radius 2 is 1.61 bits per heavy atom. The van der Waals surface area contributed by atoms with E-state index in [1.165, 1.54) is 16.7 Å². The average molecular weight is 707 g/mol. The molecule has 0 unspecified atom stereocenters. The Kier molecular flexibility index (Phi) is 12.4. The summed E-state index contributed by atoms with van der Waals surface area (Å²) < 4.78 is 6.49. The van der Waals surface area contributed by atoms with Gasteiger partial charge in [0.15, 0.2) is 0 Å². The van der Waals surface area contributed by atoms with Gasteiger partial charge in [0.1, 0.15) is 0 Å². The molecule has 2 amide bonds. The predicted molar refractivity (Wildman–Crippen MR) is 185 cm³/mol. The molecular weight excluding hydrogens is 663 g/mol. The van der Waals surface area contributed by atoms with E-state index >= 15 is 0 Å². The first kappa shape index (κ1) is 32.3. The summed E-state index contributed by atoms with van der Waals surface area (Å²) in [5, 5.41) is 6.72. The summed E-state index contributed by atoms with van der Waals surface area (Å²) >= 11 is 2.34. The second kappa shape index (κ2) is 16.9. The third kappa shape index (κ3) is 9.47. The number of benzene rings is 3. The zero-order valence-corrected chi connectivity index (χ0v) is 27.4. The van der Waals surface area contributed by atoms with Crippen molar-refractivity contribution in [1.29, 1.82) is 0 Å². The van der Waals surface area contributed by atoms with Gasteiger partial charge in [-0.2, -0.15) is 0 Å². The quantitative estimate of drug-likeness (QED) is 0.160. The number of rotatable bonds is 12. The normalized spacial score (nSPS) is 19.8. The van der Waals surface area contributed by atoms with Gasteiger partial charge in [0, 0.05) is 61.7 Å². The van der Waals surface area contributed by atoms with Gasteiger partial charge < -0.3 is 20.3 Å². The van der Waals surface area contributed by atoms with Crippen molar-refractivity contribution >= 4 is 40.5 Å². The Hall–Kier alpha value is -3.05. The second-order valence-corrected chi connectivity index (χ2v) is 12.3. The van der Waals surface area contributed by atoms with Crippen molar-refractivity contribution < 1.29 is 14.3 Å². The highest BCUT2D eigenvalue weighted by molar-refractivity contribution is 14.1. The highest BCUT2D eigenvalue weighted by Gasteiger charge is 2.33. The van der Waals surface area contributed by atoms with Gasteiger partial charge in [-0.3, -0.25) is 14.5 Å². The lowest BCUT2D eigenvalue weighted by molar-refractivity contribution is -0.133. The number of morpholine rings is 1. The Morgan fingerprint density at radius 3 is 2.25 bits per heavy atom. The van der Waals surface area contributed by atoms with Gasteiger partial charge in [0.2, 0.25) is 11.8 Å². The number of carbonyl (C=O) groups excluding carboxylic acids is 2. The van der Waals surface area contributed by atoms with Crippen LogP contribution in [0.5, 0.6) is 0 Å². The summed E-state index contributed by atoms with van der Waals surface area (Å²) in [4.78, 5) is 31.3. The molecule has 232 valence electrons. The minimum absolute atomic E-state index is 0.00849. The number of amides is 2. The zero-order chi connectivity index (χ0) is 30.6. The molecule has 3 aromatic rings. The van der Waals surface area contributed by atoms with Gasteiger partial charge in [-0.1, -0.05) is 108 Å². The SMILES string of the molecule is O=C(/C=C/c1ccc(CI)cc1)NC[C@@H]1CCN(CC(c2ccccc2)c2ccccc2)C(=O)[C@H](CCN2CCOCC2)N1. The van der Waals surface area contributed by atoms with E-state index in [2.05, 4.69) is 98.8 Å². The van der Waals surface area contributed by atoms with Crippen molar-refractivity contribution in [3.8, 4) is 0 Å². The average Bonchev–Trinajstić information content (AvgIpc) is 3.23. The Labute approximate surface area is 275 Å². The van der Waals surface area contributed by atoms with E-state index < -0.39 is 0 Å². The Balaban J connectivity index is 1.27. The molecule has 2 aliphatic rings. The molecule has 2 N–H and O–H groups in total. The van der Waals surface area contributed by atoms with E-state index in [0.717, 1.165) is 49.3 Å². The number of alkyl halides is 1. The van der Waals surface area contributed by atoms with Crippen LogP contribution in [0.4, 0.5) is 0 Å². The number of hydrogen-bond donors (Lipinski definition) is 2. The third-order valence-electron chi connectivity index (χ3n) is 8.52. The molecule has 44 heavy (non-hydrogen) atoms.